The summed E-state index contributed by atoms with van der Waals surface area (Å²) in [6.45, 7) is 0.115. The SMILES string of the molecule is O=CCC1CC(=O)N1CC(=O)OCc1ccccc1. The first-order chi connectivity index (χ1) is 9.20. The van der Waals surface area contributed by atoms with Gasteiger partial charge in [0.2, 0.25) is 5.91 Å². The highest BCUT2D eigenvalue weighted by Crippen LogP contribution is 2.21. The Labute approximate surface area is 111 Å². The maximum atomic E-state index is 11.6. The lowest BCUT2D eigenvalue weighted by atomic mass is 9.99. The summed E-state index contributed by atoms with van der Waals surface area (Å²) in [5, 5.41) is 0. The first-order valence-electron chi connectivity index (χ1n) is 6.13. The van der Waals surface area contributed by atoms with Crippen molar-refractivity contribution in [2.75, 3.05) is 6.54 Å². The van der Waals surface area contributed by atoms with Crippen molar-refractivity contribution in [1.29, 1.82) is 0 Å². The van der Waals surface area contributed by atoms with Gasteiger partial charge in [0.15, 0.2) is 0 Å². The van der Waals surface area contributed by atoms with E-state index >= 15 is 0 Å². The molecule has 100 valence electrons. The molecule has 5 heteroatoms. The summed E-state index contributed by atoms with van der Waals surface area (Å²) in [5.41, 5.74) is 0.898. The largest absolute Gasteiger partial charge is 0.459 e. The number of carbonyl (C=O) groups excluding carboxylic acids is 3. The van der Waals surface area contributed by atoms with Crippen LogP contribution in [0, 0.1) is 0 Å². The lowest BCUT2D eigenvalue weighted by Gasteiger charge is -2.38. The molecule has 0 bridgehead atoms. The van der Waals surface area contributed by atoms with Gasteiger partial charge in [-0.15, -0.1) is 0 Å². The Morgan fingerprint density at radius 2 is 2.11 bits per heavy atom. The van der Waals surface area contributed by atoms with Crippen LogP contribution in [0.1, 0.15) is 18.4 Å². The van der Waals surface area contributed by atoms with Gasteiger partial charge >= 0.3 is 5.97 Å². The van der Waals surface area contributed by atoms with Crippen LogP contribution in [0.3, 0.4) is 0 Å². The topological polar surface area (TPSA) is 63.7 Å². The Morgan fingerprint density at radius 3 is 2.74 bits per heavy atom. The minimum atomic E-state index is -0.451. The number of benzene rings is 1. The fraction of sp³-hybridized carbons (Fsp3) is 0.357. The molecule has 1 aliphatic heterocycles. The molecule has 1 amide bonds. The van der Waals surface area contributed by atoms with Crippen LogP contribution in [0.25, 0.3) is 0 Å². The Bertz CT molecular complexity index is 470. The van der Waals surface area contributed by atoms with Crippen molar-refractivity contribution in [2.45, 2.75) is 25.5 Å². The van der Waals surface area contributed by atoms with Gasteiger partial charge in [-0.25, -0.2) is 0 Å². The zero-order valence-electron chi connectivity index (χ0n) is 10.5. The minimum absolute atomic E-state index is 0.0792. The van der Waals surface area contributed by atoms with Crippen molar-refractivity contribution in [1.82, 2.24) is 4.90 Å². The number of carbonyl (C=O) groups is 3. The van der Waals surface area contributed by atoms with Crippen molar-refractivity contribution >= 4 is 18.2 Å². The second-order valence-electron chi connectivity index (χ2n) is 4.43. The van der Waals surface area contributed by atoms with E-state index in [2.05, 4.69) is 0 Å². The van der Waals surface area contributed by atoms with E-state index in [0.29, 0.717) is 6.42 Å². The van der Waals surface area contributed by atoms with Crippen LogP contribution >= 0.6 is 0 Å². The van der Waals surface area contributed by atoms with E-state index in [0.717, 1.165) is 11.8 Å². The predicted octanol–water partition coefficient (Wildman–Crippen LogP) is 0.920. The third-order valence-electron chi connectivity index (χ3n) is 3.08. The van der Waals surface area contributed by atoms with Gasteiger partial charge in [0.05, 0.1) is 0 Å². The molecule has 0 spiro atoms. The summed E-state index contributed by atoms with van der Waals surface area (Å²) >= 11 is 0. The molecule has 1 fully saturated rings. The molecular weight excluding hydrogens is 246 g/mol. The Kier molecular flexibility index (Phi) is 4.28. The summed E-state index contributed by atoms with van der Waals surface area (Å²) < 4.78 is 5.09. The number of amides is 1. The van der Waals surface area contributed by atoms with Gasteiger partial charge in [0, 0.05) is 18.9 Å². The minimum Gasteiger partial charge on any atom is -0.459 e. The van der Waals surface area contributed by atoms with E-state index in [1.165, 1.54) is 4.90 Å². The number of rotatable bonds is 6. The van der Waals surface area contributed by atoms with E-state index in [4.69, 9.17) is 4.74 Å². The molecule has 1 atom stereocenters. The van der Waals surface area contributed by atoms with Crippen molar-refractivity contribution in [3.05, 3.63) is 35.9 Å². The Morgan fingerprint density at radius 1 is 1.37 bits per heavy atom. The van der Waals surface area contributed by atoms with Crippen LogP contribution < -0.4 is 0 Å². The first-order valence-corrected chi connectivity index (χ1v) is 6.13. The molecule has 1 heterocycles. The lowest BCUT2D eigenvalue weighted by Crippen LogP contribution is -2.54. The van der Waals surface area contributed by atoms with Crippen molar-refractivity contribution in [2.24, 2.45) is 0 Å². The fourth-order valence-corrected chi connectivity index (χ4v) is 1.98. The number of likely N-dealkylation sites (tertiary alicyclic amines) is 1. The van der Waals surface area contributed by atoms with Crippen LogP contribution in [0.2, 0.25) is 0 Å². The number of ether oxygens (including phenoxy) is 1. The average molecular weight is 261 g/mol. The lowest BCUT2D eigenvalue weighted by molar-refractivity contribution is -0.159. The van der Waals surface area contributed by atoms with Crippen LogP contribution in [0.4, 0.5) is 0 Å². The van der Waals surface area contributed by atoms with Gasteiger partial charge < -0.3 is 14.4 Å². The number of esters is 1. The highest BCUT2D eigenvalue weighted by atomic mass is 16.5. The van der Waals surface area contributed by atoms with E-state index in [9.17, 15) is 14.4 Å². The van der Waals surface area contributed by atoms with Gasteiger partial charge in [0.1, 0.15) is 19.4 Å². The van der Waals surface area contributed by atoms with Gasteiger partial charge in [-0.2, -0.15) is 0 Å². The monoisotopic (exact) mass is 261 g/mol. The van der Waals surface area contributed by atoms with E-state index < -0.39 is 5.97 Å². The molecule has 0 radical (unpaired) electrons. The zero-order valence-corrected chi connectivity index (χ0v) is 10.5. The molecule has 1 aliphatic rings. The third-order valence-corrected chi connectivity index (χ3v) is 3.08. The molecule has 1 aromatic carbocycles. The number of β-lactam (4-membered cyclic amide) rings is 1. The molecule has 1 aromatic rings. The van der Waals surface area contributed by atoms with Crippen LogP contribution in [-0.2, 0) is 25.7 Å². The second kappa shape index (κ2) is 6.13. The van der Waals surface area contributed by atoms with Gasteiger partial charge in [-0.05, 0) is 5.56 Å². The highest BCUT2D eigenvalue weighted by molar-refractivity contribution is 5.88. The van der Waals surface area contributed by atoms with Gasteiger partial charge in [-0.1, -0.05) is 30.3 Å². The Balaban J connectivity index is 1.78. The third kappa shape index (κ3) is 3.40. The molecule has 1 unspecified atom stereocenters. The van der Waals surface area contributed by atoms with E-state index in [1.54, 1.807) is 0 Å². The fourth-order valence-electron chi connectivity index (χ4n) is 1.98. The predicted molar refractivity (Wildman–Crippen MR) is 67.0 cm³/mol. The van der Waals surface area contributed by atoms with E-state index in [-0.39, 0.29) is 31.5 Å². The normalized spacial score (nSPS) is 17.8. The molecule has 0 aromatic heterocycles. The smallest absolute Gasteiger partial charge is 0.325 e. The number of nitrogens with zero attached hydrogens (tertiary/aromatic N) is 1. The molecule has 0 saturated carbocycles. The van der Waals surface area contributed by atoms with E-state index in [1.807, 2.05) is 30.3 Å². The van der Waals surface area contributed by atoms with Crippen LogP contribution in [-0.4, -0.2) is 35.6 Å². The first kappa shape index (κ1) is 13.3. The highest BCUT2D eigenvalue weighted by Gasteiger charge is 2.36. The average Bonchev–Trinajstić information content (AvgIpc) is 2.43. The number of hydrogen-bond acceptors (Lipinski definition) is 4. The second-order valence-corrected chi connectivity index (χ2v) is 4.43. The summed E-state index contributed by atoms with van der Waals surface area (Å²) in [5.74, 6) is -0.559. The molecule has 19 heavy (non-hydrogen) atoms. The summed E-state index contributed by atoms with van der Waals surface area (Å²) in [6.07, 6.45) is 1.38. The molecule has 0 aliphatic carbocycles. The molecular formula is C14H15NO4. The number of aldehydes is 1. The zero-order chi connectivity index (χ0) is 13.7. The summed E-state index contributed by atoms with van der Waals surface area (Å²) in [6, 6.07) is 9.18. The maximum Gasteiger partial charge on any atom is 0.325 e. The molecule has 0 N–H and O–H groups in total. The Hall–Kier alpha value is -2.17. The van der Waals surface area contributed by atoms with Crippen LogP contribution in [0.5, 0.6) is 0 Å². The molecule has 2 rings (SSSR count). The quantitative estimate of drug-likeness (QED) is 0.434. The maximum absolute atomic E-state index is 11.6. The standard InChI is InChI=1S/C14H15NO4/c16-7-6-12-8-13(17)15(12)9-14(18)19-10-11-4-2-1-3-5-11/h1-5,7,12H,6,8-10H2. The number of hydrogen-bond donors (Lipinski definition) is 0. The van der Waals surface area contributed by atoms with Crippen molar-refractivity contribution in [3.8, 4) is 0 Å². The van der Waals surface area contributed by atoms with Crippen molar-refractivity contribution < 1.29 is 19.1 Å². The van der Waals surface area contributed by atoms with Crippen molar-refractivity contribution in [3.63, 3.8) is 0 Å². The molecule has 5 nitrogen and oxygen atoms in total. The summed E-state index contributed by atoms with van der Waals surface area (Å²) in [4.78, 5) is 34.7. The van der Waals surface area contributed by atoms with Crippen LogP contribution in [0.15, 0.2) is 30.3 Å². The molecule has 1 saturated heterocycles. The van der Waals surface area contributed by atoms with Gasteiger partial charge in [0.25, 0.3) is 0 Å². The van der Waals surface area contributed by atoms with Gasteiger partial charge in [-0.3, -0.25) is 9.59 Å². The summed E-state index contributed by atoms with van der Waals surface area (Å²) in [7, 11) is 0.